The lowest BCUT2D eigenvalue weighted by Crippen LogP contribution is -2.06. The molecule has 4 nitrogen and oxygen atoms in total. The highest BCUT2D eigenvalue weighted by Crippen LogP contribution is 2.22. The van der Waals surface area contributed by atoms with E-state index in [9.17, 15) is 4.21 Å². The Morgan fingerprint density at radius 1 is 1.39 bits per heavy atom. The normalized spacial score (nSPS) is 12.4. The van der Waals surface area contributed by atoms with Crippen LogP contribution in [0.25, 0.3) is 0 Å². The number of halogens is 1. The molecule has 0 saturated carbocycles. The number of hydrogen-bond acceptors (Lipinski definition) is 2. The van der Waals surface area contributed by atoms with Gasteiger partial charge in [0.05, 0.1) is 22.0 Å². The van der Waals surface area contributed by atoms with Crippen molar-refractivity contribution in [2.45, 2.75) is 18.7 Å². The van der Waals surface area contributed by atoms with Crippen LogP contribution in [0.15, 0.2) is 33.6 Å². The van der Waals surface area contributed by atoms with Crippen LogP contribution in [-0.4, -0.2) is 14.0 Å². The Balaban J connectivity index is 2.27. The maximum Gasteiger partial charge on any atom is 0.150 e. The van der Waals surface area contributed by atoms with Crippen molar-refractivity contribution < 1.29 is 4.21 Å². The van der Waals surface area contributed by atoms with Crippen LogP contribution in [0.2, 0.25) is 0 Å². The smallest absolute Gasteiger partial charge is 0.150 e. The second kappa shape index (κ2) is 5.24. The van der Waals surface area contributed by atoms with E-state index >= 15 is 0 Å². The van der Waals surface area contributed by atoms with Gasteiger partial charge in [-0.25, -0.2) is 4.21 Å². The summed E-state index contributed by atoms with van der Waals surface area (Å²) >= 11 is 3.37. The summed E-state index contributed by atoms with van der Waals surface area (Å²) in [5.41, 5.74) is 2.64. The number of nitrogens with one attached hydrogen (secondary N) is 1. The lowest BCUT2D eigenvalue weighted by atomic mass is 10.3. The van der Waals surface area contributed by atoms with Crippen molar-refractivity contribution >= 4 is 32.6 Å². The fourth-order valence-electron chi connectivity index (χ4n) is 1.66. The molecule has 0 aliphatic heterocycles. The van der Waals surface area contributed by atoms with Gasteiger partial charge in [0, 0.05) is 11.5 Å². The Morgan fingerprint density at radius 3 is 2.67 bits per heavy atom. The molecular weight excluding hydrogens is 314 g/mol. The Bertz CT molecular complexity index is 609. The molecule has 1 aromatic heterocycles. The minimum Gasteiger partial charge on any atom is -0.298 e. The van der Waals surface area contributed by atoms with E-state index < -0.39 is 11.0 Å². The fourth-order valence-corrected chi connectivity index (χ4v) is 3.24. The number of anilines is 1. The number of hydrogen-bond donors (Lipinski definition) is 1. The van der Waals surface area contributed by atoms with Gasteiger partial charge in [-0.1, -0.05) is 22.0 Å². The summed E-state index contributed by atoms with van der Waals surface area (Å²) < 4.78 is 17.9. The molecule has 2 aromatic rings. The molecule has 1 heterocycles. The van der Waals surface area contributed by atoms with Crippen LogP contribution in [0.5, 0.6) is 0 Å². The quantitative estimate of drug-likeness (QED) is 0.942. The van der Waals surface area contributed by atoms with Gasteiger partial charge in [-0.15, -0.1) is 0 Å². The van der Waals surface area contributed by atoms with E-state index in [0.29, 0.717) is 0 Å². The van der Waals surface area contributed by atoms with E-state index in [1.54, 1.807) is 4.68 Å². The molecule has 6 heteroatoms. The summed E-state index contributed by atoms with van der Waals surface area (Å²) in [6, 6.07) is 7.43. The molecule has 18 heavy (non-hydrogen) atoms. The molecule has 0 aliphatic carbocycles. The number of nitrogens with zero attached hydrogens (tertiary/aromatic N) is 2. The number of benzene rings is 1. The van der Waals surface area contributed by atoms with Gasteiger partial charge in [-0.05, 0) is 32.0 Å². The van der Waals surface area contributed by atoms with Gasteiger partial charge in [0.1, 0.15) is 11.0 Å². The third-order valence-electron chi connectivity index (χ3n) is 2.71. The first kappa shape index (κ1) is 13.3. The molecule has 0 fully saturated rings. The first-order valence-electron chi connectivity index (χ1n) is 5.43. The van der Waals surface area contributed by atoms with Crippen LogP contribution in [0, 0.1) is 13.8 Å². The predicted molar refractivity (Wildman–Crippen MR) is 76.9 cm³/mol. The van der Waals surface area contributed by atoms with Gasteiger partial charge in [0.15, 0.2) is 0 Å². The molecule has 0 saturated heterocycles. The number of aryl methyl sites for hydroxylation is 2. The van der Waals surface area contributed by atoms with Gasteiger partial charge < -0.3 is 0 Å². The van der Waals surface area contributed by atoms with Crippen molar-refractivity contribution in [1.82, 2.24) is 9.78 Å². The first-order chi connectivity index (χ1) is 8.49. The maximum absolute atomic E-state index is 12.2. The standard InChI is InChI=1S/C12H14BrN3OS/c1-8-12(9(2)16(3)14-8)15-18(17)11-6-4-5-10(13)7-11/h4-7,15H,1-3H3. The zero-order valence-electron chi connectivity index (χ0n) is 10.4. The molecule has 2 rings (SSSR count). The number of rotatable bonds is 3. The largest absolute Gasteiger partial charge is 0.298 e. The number of aromatic nitrogens is 2. The molecule has 0 radical (unpaired) electrons. The van der Waals surface area contributed by atoms with Crippen molar-refractivity contribution in [3.05, 3.63) is 40.1 Å². The first-order valence-corrected chi connectivity index (χ1v) is 7.37. The average molecular weight is 328 g/mol. The van der Waals surface area contributed by atoms with Gasteiger partial charge in [0.25, 0.3) is 0 Å². The Morgan fingerprint density at radius 2 is 2.11 bits per heavy atom. The van der Waals surface area contributed by atoms with E-state index in [1.807, 2.05) is 45.2 Å². The minimum atomic E-state index is -1.29. The van der Waals surface area contributed by atoms with Crippen molar-refractivity contribution in [3.8, 4) is 0 Å². The minimum absolute atomic E-state index is 0.729. The highest BCUT2D eigenvalue weighted by Gasteiger charge is 2.12. The van der Waals surface area contributed by atoms with Crippen LogP contribution in [0.3, 0.4) is 0 Å². The summed E-state index contributed by atoms with van der Waals surface area (Å²) in [6.07, 6.45) is 0. The summed E-state index contributed by atoms with van der Waals surface area (Å²) in [5, 5.41) is 4.29. The van der Waals surface area contributed by atoms with Gasteiger partial charge >= 0.3 is 0 Å². The lowest BCUT2D eigenvalue weighted by Gasteiger charge is -2.06. The molecule has 0 bridgehead atoms. The van der Waals surface area contributed by atoms with E-state index in [-0.39, 0.29) is 0 Å². The van der Waals surface area contributed by atoms with Crippen LogP contribution < -0.4 is 4.72 Å². The lowest BCUT2D eigenvalue weighted by molar-refractivity contribution is 0.686. The summed E-state index contributed by atoms with van der Waals surface area (Å²) in [7, 11) is 0.585. The fraction of sp³-hybridized carbons (Fsp3) is 0.250. The third-order valence-corrected chi connectivity index (χ3v) is 4.28. The SMILES string of the molecule is Cc1nn(C)c(C)c1NS(=O)c1cccc(Br)c1. The molecule has 1 unspecified atom stereocenters. The summed E-state index contributed by atoms with van der Waals surface area (Å²) in [5.74, 6) is 0. The monoisotopic (exact) mass is 327 g/mol. The van der Waals surface area contributed by atoms with Crippen molar-refractivity contribution in [1.29, 1.82) is 0 Å². The topological polar surface area (TPSA) is 46.9 Å². The highest BCUT2D eigenvalue weighted by atomic mass is 79.9. The van der Waals surface area contributed by atoms with Crippen LogP contribution in [0.4, 0.5) is 5.69 Å². The molecular formula is C12H14BrN3OS. The molecule has 0 spiro atoms. The summed E-state index contributed by atoms with van der Waals surface area (Å²) in [4.78, 5) is 0.729. The Kier molecular flexibility index (Phi) is 3.87. The zero-order valence-corrected chi connectivity index (χ0v) is 12.8. The Labute approximate surface area is 117 Å². The van der Waals surface area contributed by atoms with E-state index in [2.05, 4.69) is 25.8 Å². The molecule has 1 N–H and O–H groups in total. The maximum atomic E-state index is 12.2. The van der Waals surface area contributed by atoms with Gasteiger partial charge in [0.2, 0.25) is 0 Å². The second-order valence-electron chi connectivity index (χ2n) is 4.00. The third kappa shape index (κ3) is 2.64. The summed E-state index contributed by atoms with van der Waals surface area (Å²) in [6.45, 7) is 3.84. The van der Waals surface area contributed by atoms with Crippen molar-refractivity contribution in [2.24, 2.45) is 7.05 Å². The molecule has 0 amide bonds. The van der Waals surface area contributed by atoms with Gasteiger partial charge in [-0.3, -0.25) is 9.40 Å². The van der Waals surface area contributed by atoms with E-state index in [0.717, 1.165) is 26.4 Å². The molecule has 0 aliphatic rings. The average Bonchev–Trinajstić information content (AvgIpc) is 2.56. The molecule has 1 atom stereocenters. The van der Waals surface area contributed by atoms with Crippen LogP contribution >= 0.6 is 15.9 Å². The predicted octanol–water partition coefficient (Wildman–Crippen LogP) is 2.93. The second-order valence-corrected chi connectivity index (χ2v) is 6.13. The molecule has 96 valence electrons. The van der Waals surface area contributed by atoms with E-state index in [4.69, 9.17) is 0 Å². The highest BCUT2D eigenvalue weighted by molar-refractivity contribution is 9.10. The van der Waals surface area contributed by atoms with Crippen LogP contribution in [-0.2, 0) is 18.0 Å². The van der Waals surface area contributed by atoms with Crippen molar-refractivity contribution in [3.63, 3.8) is 0 Å². The van der Waals surface area contributed by atoms with Crippen LogP contribution in [0.1, 0.15) is 11.4 Å². The molecule has 1 aromatic carbocycles. The van der Waals surface area contributed by atoms with E-state index in [1.165, 1.54) is 0 Å². The zero-order chi connectivity index (χ0) is 13.3. The Hall–Kier alpha value is -1.14. The van der Waals surface area contributed by atoms with Gasteiger partial charge in [-0.2, -0.15) is 5.10 Å². The van der Waals surface area contributed by atoms with Crippen molar-refractivity contribution in [2.75, 3.05) is 4.72 Å².